The second-order valence-electron chi connectivity index (χ2n) is 5.71. The van der Waals surface area contributed by atoms with Gasteiger partial charge in [-0.2, -0.15) is 11.8 Å². The van der Waals surface area contributed by atoms with Crippen molar-refractivity contribution in [2.45, 2.75) is 37.7 Å². The minimum absolute atomic E-state index is 0.366. The van der Waals surface area contributed by atoms with Crippen LogP contribution in [0.4, 0.5) is 0 Å². The first-order valence-electron chi connectivity index (χ1n) is 7.31. The van der Waals surface area contributed by atoms with Gasteiger partial charge in [0.1, 0.15) is 12.1 Å². The minimum Gasteiger partial charge on any atom is -0.381 e. The molecule has 2 atom stereocenters. The molecule has 0 saturated carbocycles. The van der Waals surface area contributed by atoms with Gasteiger partial charge in [0, 0.05) is 15.9 Å². The highest BCUT2D eigenvalue weighted by atomic mass is 32.2. The van der Waals surface area contributed by atoms with Gasteiger partial charge in [0.25, 0.3) is 11.8 Å². The van der Waals surface area contributed by atoms with Crippen LogP contribution in [0.5, 0.6) is 0 Å². The normalized spacial score (nSPS) is 13.2. The quantitative estimate of drug-likeness (QED) is 0.363. The summed E-state index contributed by atoms with van der Waals surface area (Å²) in [6.07, 6.45) is 1.10. The van der Waals surface area contributed by atoms with Gasteiger partial charge >= 0.3 is 0 Å². The summed E-state index contributed by atoms with van der Waals surface area (Å²) in [5.74, 6) is 4.29. The molecule has 1 aromatic rings. The average Bonchev–Trinajstić information content (AvgIpc) is 2.57. The van der Waals surface area contributed by atoms with E-state index in [0.29, 0.717) is 11.1 Å². The fraction of sp³-hybridized carbons (Fsp3) is 0.412. The number of rotatable bonds is 5. The molecule has 1 aromatic carbocycles. The maximum absolute atomic E-state index is 12.4. The Kier molecular flexibility index (Phi) is 7.29. The van der Waals surface area contributed by atoms with Crippen molar-refractivity contribution in [3.8, 4) is 11.8 Å². The third kappa shape index (κ3) is 5.57. The molecule has 0 aliphatic carbocycles. The van der Waals surface area contributed by atoms with E-state index in [9.17, 15) is 9.59 Å². The second-order valence-corrected chi connectivity index (χ2v) is 7.17. The first-order chi connectivity index (χ1) is 11.2. The Morgan fingerprint density at radius 1 is 1.25 bits per heavy atom. The van der Waals surface area contributed by atoms with Crippen LogP contribution in [-0.2, 0) is 4.79 Å². The van der Waals surface area contributed by atoms with E-state index in [1.165, 1.54) is 11.8 Å². The number of hydroxylamine groups is 1. The lowest BCUT2D eigenvalue weighted by Gasteiger charge is -2.31. The number of amides is 2. The third-order valence-electron chi connectivity index (χ3n) is 3.44. The summed E-state index contributed by atoms with van der Waals surface area (Å²) in [5, 5.41) is 20.7. The van der Waals surface area contributed by atoms with E-state index in [0.717, 1.165) is 0 Å². The van der Waals surface area contributed by atoms with Crippen LogP contribution in [0.1, 0.15) is 36.7 Å². The number of thioether (sulfide) groups is 1. The van der Waals surface area contributed by atoms with Gasteiger partial charge < -0.3 is 10.4 Å². The number of aliphatic hydroxyl groups excluding tert-OH is 1. The van der Waals surface area contributed by atoms with Crippen LogP contribution in [0.25, 0.3) is 0 Å². The number of carbonyl (C=O) groups is 2. The van der Waals surface area contributed by atoms with Crippen molar-refractivity contribution in [1.29, 1.82) is 0 Å². The number of nitrogens with one attached hydrogen (secondary N) is 2. The van der Waals surface area contributed by atoms with Crippen molar-refractivity contribution in [1.82, 2.24) is 10.8 Å². The molecule has 0 radical (unpaired) electrons. The molecule has 6 nitrogen and oxygen atoms in total. The molecule has 0 spiro atoms. The maximum Gasteiger partial charge on any atom is 0.267 e. The molecule has 130 valence electrons. The van der Waals surface area contributed by atoms with Crippen LogP contribution in [0.2, 0.25) is 0 Å². The number of hydrogen-bond acceptors (Lipinski definition) is 5. The number of aliphatic hydroxyl groups is 1. The van der Waals surface area contributed by atoms with Gasteiger partial charge in [0.15, 0.2) is 0 Å². The Balaban J connectivity index is 2.93. The van der Waals surface area contributed by atoms with E-state index >= 15 is 0 Å². The Labute approximate surface area is 146 Å². The lowest BCUT2D eigenvalue weighted by molar-refractivity contribution is -0.131. The lowest BCUT2D eigenvalue weighted by Crippen LogP contribution is -2.55. The fourth-order valence-electron chi connectivity index (χ4n) is 1.84. The largest absolute Gasteiger partial charge is 0.381 e. The molecule has 4 N–H and O–H groups in total. The summed E-state index contributed by atoms with van der Waals surface area (Å²) in [6.45, 7) is 5.16. The van der Waals surface area contributed by atoms with E-state index in [-0.39, 0.29) is 0 Å². The Hall–Kier alpha value is -2.01. The van der Waals surface area contributed by atoms with Crippen LogP contribution < -0.4 is 10.8 Å². The van der Waals surface area contributed by atoms with Gasteiger partial charge in [0.2, 0.25) is 0 Å². The summed E-state index contributed by atoms with van der Waals surface area (Å²) in [7, 11) is 0. The predicted octanol–water partition coefficient (Wildman–Crippen LogP) is 1.16. The van der Waals surface area contributed by atoms with Crippen LogP contribution in [-0.4, -0.2) is 45.3 Å². The summed E-state index contributed by atoms with van der Waals surface area (Å²) >= 11 is 1.40. The van der Waals surface area contributed by atoms with Gasteiger partial charge in [-0.1, -0.05) is 11.8 Å². The third-order valence-corrected chi connectivity index (χ3v) is 4.73. The average molecular weight is 350 g/mol. The summed E-state index contributed by atoms with van der Waals surface area (Å²) in [6, 6.07) is 5.58. The molecule has 1 unspecified atom stereocenters. The summed E-state index contributed by atoms with van der Waals surface area (Å²) < 4.78 is -0.606. The van der Waals surface area contributed by atoms with Crippen molar-refractivity contribution in [2.24, 2.45) is 0 Å². The molecule has 0 heterocycles. The number of benzene rings is 1. The summed E-state index contributed by atoms with van der Waals surface area (Å²) in [5.41, 5.74) is 2.62. The first-order valence-corrected chi connectivity index (χ1v) is 8.53. The molecular weight excluding hydrogens is 328 g/mol. The Bertz CT molecular complexity index is 645. The van der Waals surface area contributed by atoms with Crippen LogP contribution in [0.15, 0.2) is 24.3 Å². The van der Waals surface area contributed by atoms with E-state index in [4.69, 9.17) is 10.3 Å². The van der Waals surface area contributed by atoms with Gasteiger partial charge in [-0.05, 0) is 51.3 Å². The van der Waals surface area contributed by atoms with Crippen molar-refractivity contribution < 1.29 is 19.9 Å². The van der Waals surface area contributed by atoms with Crippen molar-refractivity contribution in [3.05, 3.63) is 35.4 Å². The monoisotopic (exact) mass is 350 g/mol. The number of hydrogen-bond donors (Lipinski definition) is 4. The molecule has 0 aliphatic heterocycles. The predicted molar refractivity (Wildman–Crippen MR) is 93.8 cm³/mol. The minimum atomic E-state index is -0.903. The first kappa shape index (κ1) is 20.0. The number of carbonyl (C=O) groups excluding carboxylic acids is 2. The zero-order valence-corrected chi connectivity index (χ0v) is 14.9. The molecule has 0 aromatic heterocycles. The van der Waals surface area contributed by atoms with Crippen LogP contribution in [0, 0.1) is 11.8 Å². The standard InChI is InChI=1S/C17H22N2O4S/c1-11(20)5-6-12-7-9-13(10-8-12)15(21)18-14(16(22)19-23)17(2,3)24-4/h7-11,14,20,23H,1-4H3,(H,18,21)(H,19,22)/t11?,14-/m1/s1. The Morgan fingerprint density at radius 2 is 1.83 bits per heavy atom. The zero-order chi connectivity index (χ0) is 18.3. The highest BCUT2D eigenvalue weighted by Crippen LogP contribution is 2.26. The van der Waals surface area contributed by atoms with Gasteiger partial charge in [-0.25, -0.2) is 5.48 Å². The van der Waals surface area contributed by atoms with Crippen molar-refractivity contribution in [2.75, 3.05) is 6.26 Å². The molecule has 7 heteroatoms. The molecule has 0 fully saturated rings. The van der Waals surface area contributed by atoms with E-state index in [2.05, 4.69) is 17.2 Å². The fourth-order valence-corrected chi connectivity index (χ4v) is 2.25. The Morgan fingerprint density at radius 3 is 2.29 bits per heavy atom. The van der Waals surface area contributed by atoms with Crippen LogP contribution >= 0.6 is 11.8 Å². The molecule has 24 heavy (non-hydrogen) atoms. The van der Waals surface area contributed by atoms with E-state index in [1.807, 2.05) is 6.26 Å². The lowest BCUT2D eigenvalue weighted by atomic mass is 10.0. The van der Waals surface area contributed by atoms with Crippen molar-refractivity contribution in [3.63, 3.8) is 0 Å². The zero-order valence-electron chi connectivity index (χ0n) is 14.1. The maximum atomic E-state index is 12.4. The highest BCUT2D eigenvalue weighted by molar-refractivity contribution is 8.00. The van der Waals surface area contributed by atoms with Gasteiger partial charge in [-0.15, -0.1) is 0 Å². The van der Waals surface area contributed by atoms with E-state index < -0.39 is 28.7 Å². The summed E-state index contributed by atoms with van der Waals surface area (Å²) in [4.78, 5) is 24.2. The molecular formula is C17H22N2O4S. The van der Waals surface area contributed by atoms with Gasteiger partial charge in [0.05, 0.1) is 0 Å². The van der Waals surface area contributed by atoms with E-state index in [1.54, 1.807) is 50.5 Å². The topological polar surface area (TPSA) is 98.7 Å². The molecule has 0 saturated heterocycles. The van der Waals surface area contributed by atoms with Crippen LogP contribution in [0.3, 0.4) is 0 Å². The van der Waals surface area contributed by atoms with Gasteiger partial charge in [-0.3, -0.25) is 14.8 Å². The smallest absolute Gasteiger partial charge is 0.267 e. The second kappa shape index (κ2) is 8.73. The molecule has 0 bridgehead atoms. The highest BCUT2D eigenvalue weighted by Gasteiger charge is 2.36. The molecule has 2 amide bonds. The molecule has 0 aliphatic rings. The molecule has 1 rings (SSSR count). The SMILES string of the molecule is CSC(C)(C)[C@H](NC(=O)c1ccc(C#CC(C)O)cc1)C(=O)NO. The van der Waals surface area contributed by atoms with Crippen molar-refractivity contribution >= 4 is 23.6 Å².